The largest absolute Gasteiger partial charge is 0.309 e. The number of nitrogens with zero attached hydrogens (tertiary/aromatic N) is 3. The van der Waals surface area contributed by atoms with Gasteiger partial charge in [0.15, 0.2) is 0 Å². The van der Waals surface area contributed by atoms with Gasteiger partial charge in [0, 0.05) is 70.2 Å². The van der Waals surface area contributed by atoms with Gasteiger partial charge < -0.3 is 14.4 Å². The molecule has 12 aromatic rings. The van der Waals surface area contributed by atoms with Gasteiger partial charge in [-0.05, 0) is 108 Å². The quantitative estimate of drug-likeness (QED) is 0.176. The zero-order chi connectivity index (χ0) is 38.6. The van der Waals surface area contributed by atoms with Crippen LogP contribution in [0.25, 0.3) is 79.0 Å². The first-order chi connectivity index (χ1) is 29.2. The van der Waals surface area contributed by atoms with Gasteiger partial charge in [0.2, 0.25) is 0 Å². The highest BCUT2D eigenvalue weighted by Gasteiger charge is 2.26. The Labute approximate surface area is 348 Å². The molecular formula is C54H33N3S2. The van der Waals surface area contributed by atoms with Crippen molar-refractivity contribution in [2.75, 3.05) is 9.80 Å². The molecule has 0 aliphatic carbocycles. The standard InChI is InChI=1S/C54H33N3S2/c1-3-13-36(14-4-1)55-39-29-35(34-25-27-48-45(31-34)41-17-7-9-21-47(41)57(48)37-15-5-2-6-16-37)30-40(32-39)56(38-26-28-52-46(33-38)42-18-8-10-24-51(42)58-52)50-23-12-20-44-43-19-11-22-49(55)53(43)59-54(44)50/h1-33H. The van der Waals surface area contributed by atoms with E-state index in [1.807, 2.05) is 22.7 Å². The lowest BCUT2D eigenvalue weighted by atomic mass is 10.00. The van der Waals surface area contributed by atoms with E-state index in [2.05, 4.69) is 215 Å². The van der Waals surface area contributed by atoms with Crippen molar-refractivity contribution in [3.05, 3.63) is 200 Å². The van der Waals surface area contributed by atoms with Gasteiger partial charge in [-0.2, -0.15) is 0 Å². The summed E-state index contributed by atoms with van der Waals surface area (Å²) in [5.41, 5.74) is 12.8. The number of hydrogen-bond donors (Lipinski definition) is 0. The van der Waals surface area contributed by atoms with E-state index in [1.54, 1.807) is 0 Å². The molecule has 3 aromatic heterocycles. The molecule has 4 heterocycles. The number of anilines is 6. The van der Waals surface area contributed by atoms with Gasteiger partial charge in [-0.25, -0.2) is 0 Å². The van der Waals surface area contributed by atoms with Gasteiger partial charge in [-0.3, -0.25) is 0 Å². The minimum atomic E-state index is 1.11. The summed E-state index contributed by atoms with van der Waals surface area (Å²) >= 11 is 3.76. The molecule has 0 atom stereocenters. The van der Waals surface area contributed by atoms with Crippen LogP contribution in [-0.4, -0.2) is 4.57 Å². The SMILES string of the molecule is c1ccc(N2c3cc(-c4ccc5c(c4)c4ccccc4n5-c4ccccc4)cc(c3)N(c3ccc4sc5ccccc5c4c3)c3cccc4c3sc3c2cccc34)cc1. The third-order valence-corrected chi connectivity index (χ3v) is 14.5. The minimum Gasteiger partial charge on any atom is -0.309 e. The molecular weight excluding hydrogens is 755 g/mol. The molecule has 0 amide bonds. The number of para-hydroxylation sites is 3. The number of benzene rings is 9. The van der Waals surface area contributed by atoms with Crippen molar-refractivity contribution < 1.29 is 0 Å². The lowest BCUT2D eigenvalue weighted by Crippen LogP contribution is -2.14. The normalized spacial score (nSPS) is 12.7. The summed E-state index contributed by atoms with van der Waals surface area (Å²) < 4.78 is 7.56. The Bertz CT molecular complexity index is 3630. The molecule has 276 valence electrons. The van der Waals surface area contributed by atoms with Crippen LogP contribution in [0, 0.1) is 0 Å². The van der Waals surface area contributed by atoms with Gasteiger partial charge in [-0.15, -0.1) is 22.7 Å². The zero-order valence-electron chi connectivity index (χ0n) is 31.7. The second-order valence-corrected chi connectivity index (χ2v) is 17.5. The predicted octanol–water partition coefficient (Wildman–Crippen LogP) is 16.4. The average Bonchev–Trinajstić information content (AvgIpc) is 3.97. The Hall–Kier alpha value is -7.18. The molecule has 0 unspecified atom stereocenters. The molecule has 13 rings (SSSR count). The van der Waals surface area contributed by atoms with E-state index in [1.165, 1.54) is 79.1 Å². The van der Waals surface area contributed by atoms with Crippen LogP contribution in [0.3, 0.4) is 0 Å². The molecule has 0 spiro atoms. The zero-order valence-corrected chi connectivity index (χ0v) is 33.3. The molecule has 0 saturated heterocycles. The van der Waals surface area contributed by atoms with Crippen LogP contribution in [0.2, 0.25) is 0 Å². The van der Waals surface area contributed by atoms with Crippen molar-refractivity contribution in [3.63, 3.8) is 0 Å². The van der Waals surface area contributed by atoms with E-state index < -0.39 is 0 Å². The fraction of sp³-hybridized carbons (Fsp3) is 0. The Morgan fingerprint density at radius 1 is 0.288 bits per heavy atom. The Morgan fingerprint density at radius 2 is 0.881 bits per heavy atom. The Balaban J connectivity index is 1.12. The summed E-state index contributed by atoms with van der Waals surface area (Å²) in [6, 6.07) is 74.0. The Morgan fingerprint density at radius 3 is 1.63 bits per heavy atom. The molecule has 0 N–H and O–H groups in total. The van der Waals surface area contributed by atoms with E-state index in [4.69, 9.17) is 0 Å². The highest BCUT2D eigenvalue weighted by molar-refractivity contribution is 7.27. The first-order valence-corrected chi connectivity index (χ1v) is 21.6. The van der Waals surface area contributed by atoms with E-state index in [9.17, 15) is 0 Å². The van der Waals surface area contributed by atoms with Crippen molar-refractivity contribution in [3.8, 4) is 16.8 Å². The van der Waals surface area contributed by atoms with Crippen LogP contribution < -0.4 is 9.80 Å². The first kappa shape index (κ1) is 32.9. The maximum atomic E-state index is 2.50. The lowest BCUT2D eigenvalue weighted by molar-refractivity contribution is 1.18. The van der Waals surface area contributed by atoms with Gasteiger partial charge in [0.25, 0.3) is 0 Å². The molecule has 0 saturated carbocycles. The second-order valence-electron chi connectivity index (χ2n) is 15.4. The predicted molar refractivity (Wildman–Crippen MR) is 255 cm³/mol. The summed E-state index contributed by atoms with van der Waals surface area (Å²) in [5.74, 6) is 0. The van der Waals surface area contributed by atoms with E-state index in [0.717, 1.165) is 34.0 Å². The number of aromatic nitrogens is 1. The third-order valence-electron chi connectivity index (χ3n) is 12.0. The summed E-state index contributed by atoms with van der Waals surface area (Å²) in [4.78, 5) is 4.97. The topological polar surface area (TPSA) is 11.4 Å². The van der Waals surface area contributed by atoms with Gasteiger partial charge in [0.1, 0.15) is 0 Å². The van der Waals surface area contributed by atoms with Crippen molar-refractivity contribution in [1.29, 1.82) is 0 Å². The van der Waals surface area contributed by atoms with Gasteiger partial charge in [0.05, 0.1) is 31.8 Å². The van der Waals surface area contributed by atoms with Crippen LogP contribution in [0.5, 0.6) is 0 Å². The maximum absolute atomic E-state index is 2.50. The highest BCUT2D eigenvalue weighted by Crippen LogP contribution is 2.53. The van der Waals surface area contributed by atoms with Crippen molar-refractivity contribution in [2.45, 2.75) is 0 Å². The van der Waals surface area contributed by atoms with E-state index in [-0.39, 0.29) is 0 Å². The van der Waals surface area contributed by atoms with Crippen LogP contribution >= 0.6 is 22.7 Å². The Kier molecular flexibility index (Phi) is 7.05. The smallest absolute Gasteiger partial charge is 0.0640 e. The van der Waals surface area contributed by atoms with E-state index >= 15 is 0 Å². The average molecular weight is 788 g/mol. The molecule has 1 aliphatic heterocycles. The van der Waals surface area contributed by atoms with Crippen molar-refractivity contribution >= 4 is 119 Å². The molecule has 1 aliphatic rings. The number of thiophene rings is 2. The van der Waals surface area contributed by atoms with Gasteiger partial charge >= 0.3 is 0 Å². The van der Waals surface area contributed by atoms with Crippen molar-refractivity contribution in [2.24, 2.45) is 0 Å². The lowest BCUT2D eigenvalue weighted by Gasteiger charge is -2.31. The first-order valence-electron chi connectivity index (χ1n) is 20.0. The van der Waals surface area contributed by atoms with Gasteiger partial charge in [-0.1, -0.05) is 103 Å². The number of rotatable bonds is 4. The minimum absolute atomic E-state index is 1.11. The molecule has 59 heavy (non-hydrogen) atoms. The van der Waals surface area contributed by atoms with Crippen LogP contribution in [0.4, 0.5) is 34.1 Å². The van der Waals surface area contributed by atoms with Crippen LogP contribution in [-0.2, 0) is 0 Å². The fourth-order valence-corrected chi connectivity index (χ4v) is 11.8. The second kappa shape index (κ2) is 12.7. The summed E-state index contributed by atoms with van der Waals surface area (Å²) in [5, 5.41) is 7.62. The van der Waals surface area contributed by atoms with Crippen LogP contribution in [0.1, 0.15) is 0 Å². The number of fused-ring (bicyclic) bond motifs is 9. The molecule has 0 fully saturated rings. The summed E-state index contributed by atoms with van der Waals surface area (Å²) in [7, 11) is 0. The monoisotopic (exact) mass is 787 g/mol. The molecule has 5 heteroatoms. The molecule has 9 aromatic carbocycles. The summed E-state index contributed by atoms with van der Waals surface area (Å²) in [6.07, 6.45) is 0. The van der Waals surface area contributed by atoms with E-state index in [0.29, 0.717) is 0 Å². The number of hydrogen-bond acceptors (Lipinski definition) is 4. The molecule has 3 nitrogen and oxygen atoms in total. The highest BCUT2D eigenvalue weighted by atomic mass is 32.1. The molecule has 4 bridgehead atoms. The van der Waals surface area contributed by atoms with Crippen molar-refractivity contribution in [1.82, 2.24) is 4.57 Å². The van der Waals surface area contributed by atoms with Crippen LogP contribution in [0.15, 0.2) is 200 Å². The molecule has 0 radical (unpaired) electrons. The maximum Gasteiger partial charge on any atom is 0.0640 e. The summed E-state index contributed by atoms with van der Waals surface area (Å²) in [6.45, 7) is 0. The third kappa shape index (κ3) is 4.93. The fourth-order valence-electron chi connectivity index (χ4n) is 9.46.